The number of carbonyl (C=O) groups is 1. The number of rotatable bonds is 5. The molecule has 7 heteroatoms. The number of anilines is 2. The van der Waals surface area contributed by atoms with E-state index in [-0.39, 0.29) is 17.7 Å². The fourth-order valence-electron chi connectivity index (χ4n) is 1.12. The molecule has 1 unspecified atom stereocenters. The predicted octanol–water partition coefficient (Wildman–Crippen LogP) is 0.894. The number of thioether (sulfide) groups is 1. The van der Waals surface area contributed by atoms with Crippen LogP contribution < -0.4 is 16.8 Å². The summed E-state index contributed by atoms with van der Waals surface area (Å²) in [5.74, 6) is 1.21. The molecule has 0 fully saturated rings. The van der Waals surface area contributed by atoms with Crippen molar-refractivity contribution in [2.24, 2.45) is 5.92 Å². The number of aromatic nitrogens is 2. The summed E-state index contributed by atoms with van der Waals surface area (Å²) in [6, 6.07) is 1.62. The molecule has 0 bridgehead atoms. The molecule has 1 heterocycles. The SMILES string of the molecule is CC(C)C(C)NC(=O)CSc1nc(N)cc(N)n1. The molecule has 0 aliphatic carbocycles. The summed E-state index contributed by atoms with van der Waals surface area (Å²) >= 11 is 1.22. The Bertz CT molecular complexity index is 404. The monoisotopic (exact) mass is 269 g/mol. The van der Waals surface area contributed by atoms with E-state index in [9.17, 15) is 4.79 Å². The smallest absolute Gasteiger partial charge is 0.230 e. The van der Waals surface area contributed by atoms with Gasteiger partial charge in [0.15, 0.2) is 5.16 Å². The van der Waals surface area contributed by atoms with Crippen LogP contribution in [0.25, 0.3) is 0 Å². The van der Waals surface area contributed by atoms with Gasteiger partial charge in [0, 0.05) is 12.1 Å². The highest BCUT2D eigenvalue weighted by molar-refractivity contribution is 7.99. The maximum Gasteiger partial charge on any atom is 0.230 e. The Morgan fingerprint density at radius 1 is 1.33 bits per heavy atom. The number of nitrogens with zero attached hydrogens (tertiary/aromatic N) is 2. The summed E-state index contributed by atoms with van der Waals surface area (Å²) < 4.78 is 0. The van der Waals surface area contributed by atoms with Gasteiger partial charge in [-0.15, -0.1) is 0 Å². The van der Waals surface area contributed by atoms with E-state index in [4.69, 9.17) is 11.5 Å². The Morgan fingerprint density at radius 2 is 1.89 bits per heavy atom. The molecule has 1 aromatic rings. The van der Waals surface area contributed by atoms with E-state index in [0.29, 0.717) is 22.7 Å². The zero-order chi connectivity index (χ0) is 13.7. The second kappa shape index (κ2) is 6.44. The number of nitrogen functional groups attached to an aromatic ring is 2. The Hall–Kier alpha value is -1.50. The minimum absolute atomic E-state index is 0.0502. The van der Waals surface area contributed by atoms with Crippen LogP contribution in [0.4, 0.5) is 11.6 Å². The number of nitrogens with one attached hydrogen (secondary N) is 1. The van der Waals surface area contributed by atoms with Crippen LogP contribution in [0.5, 0.6) is 0 Å². The normalized spacial score (nSPS) is 12.4. The summed E-state index contributed by atoms with van der Waals surface area (Å²) in [6.45, 7) is 6.09. The molecular formula is C11H19N5OS. The summed E-state index contributed by atoms with van der Waals surface area (Å²) in [7, 11) is 0. The van der Waals surface area contributed by atoms with Crippen LogP contribution in [0.1, 0.15) is 20.8 Å². The van der Waals surface area contributed by atoms with Crippen molar-refractivity contribution in [2.75, 3.05) is 17.2 Å². The third kappa shape index (κ3) is 4.79. The van der Waals surface area contributed by atoms with E-state index in [0.717, 1.165) is 0 Å². The maximum absolute atomic E-state index is 11.7. The zero-order valence-electron chi connectivity index (χ0n) is 10.8. The Kier molecular flexibility index (Phi) is 5.21. The third-order valence-corrected chi connectivity index (χ3v) is 3.31. The minimum Gasteiger partial charge on any atom is -0.383 e. The van der Waals surface area contributed by atoms with Crippen molar-refractivity contribution in [1.82, 2.24) is 15.3 Å². The maximum atomic E-state index is 11.7. The third-order valence-electron chi connectivity index (χ3n) is 2.47. The number of hydrogen-bond acceptors (Lipinski definition) is 6. The molecule has 6 nitrogen and oxygen atoms in total. The van der Waals surface area contributed by atoms with Gasteiger partial charge in [-0.05, 0) is 12.8 Å². The molecule has 100 valence electrons. The first kappa shape index (κ1) is 14.6. The summed E-state index contributed by atoms with van der Waals surface area (Å²) in [5.41, 5.74) is 11.1. The van der Waals surface area contributed by atoms with Gasteiger partial charge in [-0.25, -0.2) is 9.97 Å². The zero-order valence-corrected chi connectivity index (χ0v) is 11.6. The molecular weight excluding hydrogens is 250 g/mol. The van der Waals surface area contributed by atoms with E-state index >= 15 is 0 Å². The van der Waals surface area contributed by atoms with Crippen LogP contribution in [0, 0.1) is 5.92 Å². The molecule has 1 atom stereocenters. The summed E-state index contributed by atoms with van der Waals surface area (Å²) in [4.78, 5) is 19.6. The van der Waals surface area contributed by atoms with Crippen LogP contribution in [0.2, 0.25) is 0 Å². The molecule has 0 spiro atoms. The number of amides is 1. The van der Waals surface area contributed by atoms with E-state index in [1.807, 2.05) is 6.92 Å². The van der Waals surface area contributed by atoms with Crippen molar-refractivity contribution in [3.05, 3.63) is 6.07 Å². The van der Waals surface area contributed by atoms with E-state index in [2.05, 4.69) is 29.1 Å². The Morgan fingerprint density at radius 3 is 2.39 bits per heavy atom. The highest BCUT2D eigenvalue weighted by Gasteiger charge is 2.11. The van der Waals surface area contributed by atoms with Gasteiger partial charge in [0.05, 0.1) is 5.75 Å². The quantitative estimate of drug-likeness (QED) is 0.541. The van der Waals surface area contributed by atoms with Gasteiger partial charge in [0.25, 0.3) is 0 Å². The number of carbonyl (C=O) groups excluding carboxylic acids is 1. The van der Waals surface area contributed by atoms with Crippen molar-refractivity contribution in [2.45, 2.75) is 32.0 Å². The predicted molar refractivity (Wildman–Crippen MR) is 74.0 cm³/mol. The lowest BCUT2D eigenvalue weighted by Crippen LogP contribution is -2.37. The molecule has 0 aliphatic heterocycles. The Labute approximate surface area is 111 Å². The molecule has 0 aromatic carbocycles. The van der Waals surface area contributed by atoms with Crippen LogP contribution in [0.3, 0.4) is 0 Å². The van der Waals surface area contributed by atoms with E-state index in [1.54, 1.807) is 0 Å². The first-order valence-corrected chi connectivity index (χ1v) is 6.69. The molecule has 0 radical (unpaired) electrons. The number of nitrogens with two attached hydrogens (primary N) is 2. The van der Waals surface area contributed by atoms with E-state index in [1.165, 1.54) is 17.8 Å². The van der Waals surface area contributed by atoms with Gasteiger partial charge in [-0.1, -0.05) is 25.6 Å². The standard InChI is InChI=1S/C11H19N5OS/c1-6(2)7(3)14-10(17)5-18-11-15-8(12)4-9(13)16-11/h4,6-7H,5H2,1-3H3,(H,14,17)(H4,12,13,15,16). The number of hydrogen-bond donors (Lipinski definition) is 3. The van der Waals surface area contributed by atoms with Gasteiger partial charge < -0.3 is 16.8 Å². The summed E-state index contributed by atoms with van der Waals surface area (Å²) in [6.07, 6.45) is 0. The lowest BCUT2D eigenvalue weighted by Gasteiger charge is -2.16. The van der Waals surface area contributed by atoms with Crippen molar-refractivity contribution in [1.29, 1.82) is 0 Å². The largest absolute Gasteiger partial charge is 0.383 e. The van der Waals surface area contributed by atoms with Crippen molar-refractivity contribution >= 4 is 29.3 Å². The van der Waals surface area contributed by atoms with Crippen LogP contribution in [-0.4, -0.2) is 27.7 Å². The highest BCUT2D eigenvalue weighted by atomic mass is 32.2. The van der Waals surface area contributed by atoms with Crippen molar-refractivity contribution in [3.63, 3.8) is 0 Å². The fraction of sp³-hybridized carbons (Fsp3) is 0.545. The van der Waals surface area contributed by atoms with Crippen LogP contribution in [0.15, 0.2) is 11.2 Å². The minimum atomic E-state index is -0.0502. The molecule has 1 rings (SSSR count). The summed E-state index contributed by atoms with van der Waals surface area (Å²) in [5, 5.41) is 3.32. The molecule has 0 aliphatic rings. The van der Waals surface area contributed by atoms with Crippen LogP contribution >= 0.6 is 11.8 Å². The van der Waals surface area contributed by atoms with Gasteiger partial charge in [0.2, 0.25) is 5.91 Å². The topological polar surface area (TPSA) is 107 Å². The molecule has 1 aromatic heterocycles. The fourth-order valence-corrected chi connectivity index (χ4v) is 1.80. The van der Waals surface area contributed by atoms with Crippen molar-refractivity contribution in [3.8, 4) is 0 Å². The second-order valence-corrected chi connectivity index (χ2v) is 5.33. The lowest BCUT2D eigenvalue weighted by atomic mass is 10.1. The van der Waals surface area contributed by atoms with Gasteiger partial charge in [-0.3, -0.25) is 4.79 Å². The first-order valence-electron chi connectivity index (χ1n) is 5.70. The molecule has 5 N–H and O–H groups in total. The lowest BCUT2D eigenvalue weighted by molar-refractivity contribution is -0.119. The van der Waals surface area contributed by atoms with Crippen LogP contribution in [-0.2, 0) is 4.79 Å². The molecule has 1 amide bonds. The molecule has 18 heavy (non-hydrogen) atoms. The molecule has 0 saturated heterocycles. The van der Waals surface area contributed by atoms with Gasteiger partial charge in [0.1, 0.15) is 11.6 Å². The van der Waals surface area contributed by atoms with E-state index < -0.39 is 0 Å². The second-order valence-electron chi connectivity index (χ2n) is 4.39. The van der Waals surface area contributed by atoms with Gasteiger partial charge >= 0.3 is 0 Å². The average molecular weight is 269 g/mol. The Balaban J connectivity index is 2.47. The van der Waals surface area contributed by atoms with Crippen molar-refractivity contribution < 1.29 is 4.79 Å². The molecule has 0 saturated carbocycles. The average Bonchev–Trinajstić information content (AvgIpc) is 2.25. The highest BCUT2D eigenvalue weighted by Crippen LogP contribution is 2.16. The van der Waals surface area contributed by atoms with Gasteiger partial charge in [-0.2, -0.15) is 0 Å². The first-order chi connectivity index (χ1) is 8.38.